The second-order valence-electron chi connectivity index (χ2n) is 12.2. The van der Waals surface area contributed by atoms with Crippen molar-refractivity contribution < 1.29 is 19.2 Å². The lowest BCUT2D eigenvalue weighted by atomic mass is 9.95. The molecule has 260 valence electrons. The first kappa shape index (κ1) is 37.4. The van der Waals surface area contributed by atoms with Gasteiger partial charge in [-0.15, -0.1) is 11.3 Å². The summed E-state index contributed by atoms with van der Waals surface area (Å²) in [6, 6.07) is 21.9. The van der Waals surface area contributed by atoms with E-state index in [4.69, 9.17) is 0 Å². The predicted octanol–water partition coefficient (Wildman–Crippen LogP) is 4.21. The molecule has 50 heavy (non-hydrogen) atoms. The average Bonchev–Trinajstić information content (AvgIpc) is 3.65. The Morgan fingerprint density at radius 3 is 2.22 bits per heavy atom. The van der Waals surface area contributed by atoms with Crippen molar-refractivity contribution in [2.75, 3.05) is 13.1 Å². The summed E-state index contributed by atoms with van der Waals surface area (Å²) in [7, 11) is 0. The van der Waals surface area contributed by atoms with Crippen molar-refractivity contribution in [3.63, 3.8) is 0 Å². The van der Waals surface area contributed by atoms with E-state index >= 15 is 0 Å². The van der Waals surface area contributed by atoms with Crippen molar-refractivity contribution >= 4 is 35.0 Å². The van der Waals surface area contributed by atoms with E-state index < -0.39 is 24.0 Å². The van der Waals surface area contributed by atoms with Gasteiger partial charge in [-0.3, -0.25) is 19.2 Å². The summed E-state index contributed by atoms with van der Waals surface area (Å²) in [6.07, 6.45) is 2.12. The average molecular weight is 694 g/mol. The van der Waals surface area contributed by atoms with Gasteiger partial charge in [-0.05, 0) is 67.1 Å². The second kappa shape index (κ2) is 18.4. The molecule has 0 aliphatic heterocycles. The third-order valence-corrected chi connectivity index (χ3v) is 8.80. The molecule has 0 aliphatic carbocycles. The predicted molar refractivity (Wildman–Crippen MR) is 194 cm³/mol. The smallest absolute Gasteiger partial charge is 0.251 e. The number of thiazole rings is 1. The van der Waals surface area contributed by atoms with Crippen LogP contribution < -0.4 is 26.6 Å². The van der Waals surface area contributed by atoms with Crippen LogP contribution in [-0.4, -0.2) is 59.8 Å². The van der Waals surface area contributed by atoms with Crippen molar-refractivity contribution in [1.82, 2.24) is 31.6 Å². The van der Waals surface area contributed by atoms with Crippen LogP contribution >= 0.6 is 11.3 Å². The van der Waals surface area contributed by atoms with Crippen LogP contribution in [-0.2, 0) is 22.6 Å². The zero-order valence-electron chi connectivity index (χ0n) is 28.7. The van der Waals surface area contributed by atoms with E-state index in [-0.39, 0.29) is 47.9 Å². The monoisotopic (exact) mass is 693 g/mol. The number of benzene rings is 3. The van der Waals surface area contributed by atoms with Crippen LogP contribution in [0.4, 0.5) is 0 Å². The number of carbonyl (C=O) groups is 4. The number of likely N-dealkylation sites (N-methyl/N-ethyl adjacent to an activating group) is 1. The molecule has 0 fully saturated rings. The van der Waals surface area contributed by atoms with Crippen LogP contribution in [0.25, 0.3) is 11.1 Å². The number of nitrogens with one attached hydrogen (secondary N) is 5. The van der Waals surface area contributed by atoms with Gasteiger partial charge in [-0.1, -0.05) is 62.4 Å². The summed E-state index contributed by atoms with van der Waals surface area (Å²) in [4.78, 5) is 57.2. The third-order valence-electron chi connectivity index (χ3n) is 8.02. The molecule has 3 aromatic carbocycles. The molecule has 0 radical (unpaired) electrons. The van der Waals surface area contributed by atoms with Crippen molar-refractivity contribution in [2.45, 2.75) is 58.8 Å². The molecule has 0 saturated heterocycles. The first-order valence-corrected chi connectivity index (χ1v) is 17.4. The maximum atomic E-state index is 14.0. The minimum Gasteiger partial charge on any atom is -0.355 e. The van der Waals surface area contributed by atoms with Crippen LogP contribution in [0.15, 0.2) is 84.4 Å². The van der Waals surface area contributed by atoms with Gasteiger partial charge in [0.1, 0.15) is 11.0 Å². The number of carbonyl (C=O) groups excluding carboxylic acids is 4. The van der Waals surface area contributed by atoms with Crippen LogP contribution in [0.3, 0.4) is 0 Å². The molecular weight excluding hydrogens is 651 g/mol. The molecule has 1 heterocycles. The van der Waals surface area contributed by atoms with Gasteiger partial charge in [0.2, 0.25) is 11.8 Å². The Morgan fingerprint density at radius 1 is 0.860 bits per heavy atom. The molecule has 4 aromatic rings. The molecule has 4 rings (SSSR count). The summed E-state index contributed by atoms with van der Waals surface area (Å²) in [5, 5.41) is 27.1. The summed E-state index contributed by atoms with van der Waals surface area (Å²) in [5.74, 6) is -1.51. The molecule has 5 N–H and O–H groups in total. The first-order chi connectivity index (χ1) is 24.1. The number of hydrogen-bond donors (Lipinski definition) is 5. The van der Waals surface area contributed by atoms with E-state index in [0.717, 1.165) is 10.6 Å². The minimum atomic E-state index is -0.682. The normalized spacial score (nSPS) is 12.6. The minimum absolute atomic E-state index is 0.113. The van der Waals surface area contributed by atoms with Crippen molar-refractivity contribution in [1.29, 1.82) is 5.26 Å². The van der Waals surface area contributed by atoms with E-state index in [0.29, 0.717) is 29.7 Å². The van der Waals surface area contributed by atoms with Crippen molar-refractivity contribution in [3.05, 3.63) is 112 Å². The summed E-state index contributed by atoms with van der Waals surface area (Å²) >= 11 is 1.42. The first-order valence-electron chi connectivity index (χ1n) is 16.6. The number of amides is 4. The Kier molecular flexibility index (Phi) is 13.8. The fraction of sp³-hybridized carbons (Fsp3) is 0.316. The van der Waals surface area contributed by atoms with Gasteiger partial charge in [0, 0.05) is 41.8 Å². The summed E-state index contributed by atoms with van der Waals surface area (Å²) < 4.78 is 0. The molecule has 0 spiro atoms. The standard InChI is InChI=1S/C38H43N7O4S/c1-5-40-38(49)34(24(2)3)45-35(46)25(4)42-22-31(17-26-11-7-6-8-12-26)44-37(48)30-19-28(32-14-10-9-13-27(32)21-39)18-29(20-30)36(47)43-23-33-41-15-16-50-33/h6-16,18-20,24-25,31,34,42H,5,17,22-23H2,1-4H3,(H,40,49)(H,43,47)(H,44,48)(H,45,46)/t25-,31-,34-/m0/s1. The molecule has 4 amide bonds. The van der Waals surface area contributed by atoms with Crippen LogP contribution in [0, 0.1) is 17.2 Å². The second-order valence-corrected chi connectivity index (χ2v) is 13.2. The van der Waals surface area contributed by atoms with Crippen molar-refractivity contribution in [3.8, 4) is 17.2 Å². The highest BCUT2D eigenvalue weighted by molar-refractivity contribution is 7.09. The Morgan fingerprint density at radius 2 is 1.56 bits per heavy atom. The Balaban J connectivity index is 1.57. The molecule has 0 unspecified atom stereocenters. The van der Waals surface area contributed by atoms with Crippen LogP contribution in [0.1, 0.15) is 64.5 Å². The zero-order valence-corrected chi connectivity index (χ0v) is 29.5. The molecular formula is C38H43N7O4S. The van der Waals surface area contributed by atoms with Gasteiger partial charge < -0.3 is 26.6 Å². The van der Waals surface area contributed by atoms with E-state index in [1.807, 2.05) is 56.5 Å². The quantitative estimate of drug-likeness (QED) is 0.117. The van der Waals surface area contributed by atoms with E-state index in [1.165, 1.54) is 17.4 Å². The molecule has 1 aromatic heterocycles. The fourth-order valence-electron chi connectivity index (χ4n) is 5.33. The van der Waals surface area contributed by atoms with Gasteiger partial charge in [-0.25, -0.2) is 4.98 Å². The lowest BCUT2D eigenvalue weighted by Crippen LogP contribution is -2.55. The topological polar surface area (TPSA) is 165 Å². The van der Waals surface area contributed by atoms with Gasteiger partial charge in [0.05, 0.1) is 24.2 Å². The highest BCUT2D eigenvalue weighted by Crippen LogP contribution is 2.26. The third kappa shape index (κ3) is 10.6. The van der Waals surface area contributed by atoms with Gasteiger partial charge in [0.25, 0.3) is 11.8 Å². The number of nitriles is 1. The van der Waals surface area contributed by atoms with Crippen LogP contribution in [0.2, 0.25) is 0 Å². The van der Waals surface area contributed by atoms with Gasteiger partial charge in [0.15, 0.2) is 0 Å². The number of nitrogens with zero attached hydrogens (tertiary/aromatic N) is 2. The molecule has 11 nitrogen and oxygen atoms in total. The maximum absolute atomic E-state index is 14.0. The van der Waals surface area contributed by atoms with Gasteiger partial charge >= 0.3 is 0 Å². The number of aromatic nitrogens is 1. The fourth-order valence-corrected chi connectivity index (χ4v) is 5.88. The molecule has 12 heteroatoms. The van der Waals surface area contributed by atoms with E-state index in [1.54, 1.807) is 49.5 Å². The molecule has 3 atom stereocenters. The van der Waals surface area contributed by atoms with Crippen LogP contribution in [0.5, 0.6) is 0 Å². The highest BCUT2D eigenvalue weighted by Gasteiger charge is 2.26. The molecule has 0 bridgehead atoms. The molecule has 0 aliphatic rings. The molecule has 0 saturated carbocycles. The summed E-state index contributed by atoms with van der Waals surface area (Å²) in [5.41, 5.74) is 3.01. The van der Waals surface area contributed by atoms with Crippen molar-refractivity contribution in [2.24, 2.45) is 5.92 Å². The Labute approximate surface area is 296 Å². The van der Waals surface area contributed by atoms with E-state index in [9.17, 15) is 24.4 Å². The Bertz CT molecular complexity index is 1810. The number of hydrogen-bond acceptors (Lipinski definition) is 8. The van der Waals surface area contributed by atoms with Gasteiger partial charge in [-0.2, -0.15) is 5.26 Å². The summed E-state index contributed by atoms with van der Waals surface area (Å²) in [6.45, 7) is 8.19. The number of rotatable bonds is 16. The maximum Gasteiger partial charge on any atom is 0.251 e. The van der Waals surface area contributed by atoms with E-state index in [2.05, 4.69) is 37.6 Å². The largest absolute Gasteiger partial charge is 0.355 e. The highest BCUT2D eigenvalue weighted by atomic mass is 32.1. The lowest BCUT2D eigenvalue weighted by molar-refractivity contribution is -0.130. The zero-order chi connectivity index (χ0) is 36.0. The Hall–Kier alpha value is -5.38. The lowest BCUT2D eigenvalue weighted by Gasteiger charge is -2.25. The SMILES string of the molecule is CCNC(=O)[C@@H](NC(=O)[C@H](C)NC[C@H](Cc1ccccc1)NC(=O)c1cc(C(=O)NCc2nccs2)cc(-c2ccccc2C#N)c1)C(C)C.